The van der Waals surface area contributed by atoms with E-state index in [-0.39, 0.29) is 0 Å². The van der Waals surface area contributed by atoms with Crippen LogP contribution in [0.2, 0.25) is 0 Å². The van der Waals surface area contributed by atoms with Crippen molar-refractivity contribution >= 4 is 59.3 Å². The number of rotatable bonds is 9. The summed E-state index contributed by atoms with van der Waals surface area (Å²) in [5, 5.41) is 5.18. The van der Waals surface area contributed by atoms with Gasteiger partial charge in [0.15, 0.2) is 0 Å². The van der Waals surface area contributed by atoms with Crippen LogP contribution >= 0.6 is 11.3 Å². The fourth-order valence-electron chi connectivity index (χ4n) is 13.2. The van der Waals surface area contributed by atoms with Crippen LogP contribution in [0.1, 0.15) is 169 Å². The quantitative estimate of drug-likeness (QED) is 0.139. The fraction of sp³-hybridized carbons (Fsp3) is 0.343. The maximum atomic E-state index is 2.62. The predicted octanol–water partition coefficient (Wildman–Crippen LogP) is 22.2. The molecule has 72 heavy (non-hydrogen) atoms. The van der Waals surface area contributed by atoms with Crippen molar-refractivity contribution in [3.8, 4) is 33.4 Å². The van der Waals surface area contributed by atoms with Gasteiger partial charge in [-0.05, 0) is 155 Å². The zero-order valence-corrected chi connectivity index (χ0v) is 43.4. The molecule has 0 atom stereocenters. The van der Waals surface area contributed by atoms with Gasteiger partial charge in [-0.1, -0.05) is 218 Å². The molecule has 8 aromatic carbocycles. The second-order valence-corrected chi connectivity index (χ2v) is 23.1. The molecule has 364 valence electrons. The number of fused-ring (bicyclic) bond motifs is 4. The summed E-state index contributed by atoms with van der Waals surface area (Å²) in [5.41, 5.74) is 15.7. The minimum absolute atomic E-state index is 0.640. The highest BCUT2D eigenvalue weighted by Gasteiger charge is 2.25. The first-order chi connectivity index (χ1) is 35.7. The van der Waals surface area contributed by atoms with Gasteiger partial charge in [0, 0.05) is 37.0 Å². The van der Waals surface area contributed by atoms with Crippen LogP contribution in [0.3, 0.4) is 0 Å². The lowest BCUT2D eigenvalue weighted by atomic mass is 9.84. The standard InChI is InChI=1S/C70H73NS/c1-2-6-11-21-50(20-10-5-1)53-30-32-56(33-31-53)60-41-45-67(65(47-60)57-36-34-54(35-37-57)51-22-12-7-3-4-8-13-23-51)71(62-42-38-55(39-43-62)52-24-14-9-15-25-52)68-48-59-27-17-16-26-58(59)46-66(68)61-40-44-64-63-28-18-19-29-69(63)72-70(64)49-61/h16-19,26-52H,1-15,20-25H2. The smallest absolute Gasteiger partial charge is 0.0546 e. The van der Waals surface area contributed by atoms with E-state index in [0.717, 1.165) is 0 Å². The van der Waals surface area contributed by atoms with E-state index in [1.165, 1.54) is 233 Å². The Labute approximate surface area is 434 Å². The molecule has 0 aliphatic heterocycles. The van der Waals surface area contributed by atoms with Crippen LogP contribution in [0.25, 0.3) is 64.3 Å². The molecule has 12 rings (SSSR count). The summed E-state index contributed by atoms with van der Waals surface area (Å²) >= 11 is 1.91. The molecule has 3 aliphatic rings. The van der Waals surface area contributed by atoms with Crippen molar-refractivity contribution in [2.24, 2.45) is 0 Å². The Morgan fingerprint density at radius 3 is 1.35 bits per heavy atom. The lowest BCUT2D eigenvalue weighted by Gasteiger charge is -2.31. The number of benzene rings is 8. The van der Waals surface area contributed by atoms with E-state index in [1.807, 2.05) is 11.3 Å². The van der Waals surface area contributed by atoms with Gasteiger partial charge < -0.3 is 4.90 Å². The van der Waals surface area contributed by atoms with E-state index in [4.69, 9.17) is 0 Å². The van der Waals surface area contributed by atoms with E-state index in [1.54, 1.807) is 0 Å². The molecular formula is C70H73NS. The molecule has 1 aromatic heterocycles. The molecule has 1 heterocycles. The van der Waals surface area contributed by atoms with Crippen molar-refractivity contribution in [1.82, 2.24) is 0 Å². The molecular weight excluding hydrogens is 887 g/mol. The van der Waals surface area contributed by atoms with Gasteiger partial charge in [-0.3, -0.25) is 0 Å². The third kappa shape index (κ3) is 10.2. The highest BCUT2D eigenvalue weighted by molar-refractivity contribution is 7.25. The zero-order valence-electron chi connectivity index (χ0n) is 42.6. The predicted molar refractivity (Wildman–Crippen MR) is 313 cm³/mol. The molecule has 0 unspecified atom stereocenters. The molecule has 0 radical (unpaired) electrons. The van der Waals surface area contributed by atoms with Crippen LogP contribution in [0, 0.1) is 0 Å². The first kappa shape index (κ1) is 47.1. The van der Waals surface area contributed by atoms with Crippen LogP contribution in [0.15, 0.2) is 170 Å². The van der Waals surface area contributed by atoms with Gasteiger partial charge in [-0.25, -0.2) is 0 Å². The van der Waals surface area contributed by atoms with Crippen molar-refractivity contribution in [2.45, 2.75) is 153 Å². The number of anilines is 3. The van der Waals surface area contributed by atoms with Crippen LogP contribution < -0.4 is 4.90 Å². The zero-order chi connectivity index (χ0) is 48.1. The first-order valence-corrected chi connectivity index (χ1v) is 29.2. The third-order valence-electron chi connectivity index (χ3n) is 17.4. The molecule has 0 amide bonds. The Hall–Kier alpha value is -5.96. The van der Waals surface area contributed by atoms with Crippen LogP contribution in [-0.4, -0.2) is 0 Å². The van der Waals surface area contributed by atoms with Crippen molar-refractivity contribution in [1.29, 1.82) is 0 Å². The van der Waals surface area contributed by atoms with Crippen LogP contribution in [0.5, 0.6) is 0 Å². The van der Waals surface area contributed by atoms with E-state index in [0.29, 0.717) is 17.8 Å². The highest BCUT2D eigenvalue weighted by Crippen LogP contribution is 2.49. The Morgan fingerprint density at radius 2 is 0.750 bits per heavy atom. The van der Waals surface area contributed by atoms with Gasteiger partial charge in [-0.2, -0.15) is 0 Å². The van der Waals surface area contributed by atoms with Crippen LogP contribution in [-0.2, 0) is 0 Å². The minimum atomic E-state index is 0.640. The second-order valence-electron chi connectivity index (χ2n) is 22.1. The van der Waals surface area contributed by atoms with Crippen molar-refractivity contribution in [2.75, 3.05) is 4.90 Å². The fourth-order valence-corrected chi connectivity index (χ4v) is 14.4. The summed E-state index contributed by atoms with van der Waals surface area (Å²) < 4.78 is 2.67. The Kier molecular flexibility index (Phi) is 14.4. The Balaban J connectivity index is 1.03. The first-order valence-electron chi connectivity index (χ1n) is 28.4. The molecule has 9 aromatic rings. The Bertz CT molecular complexity index is 3220. The van der Waals surface area contributed by atoms with Gasteiger partial charge in [0.1, 0.15) is 0 Å². The van der Waals surface area contributed by atoms with E-state index in [9.17, 15) is 0 Å². The monoisotopic (exact) mass is 960 g/mol. The maximum absolute atomic E-state index is 2.62. The summed E-state index contributed by atoms with van der Waals surface area (Å²) in [6.07, 6.45) is 28.4. The van der Waals surface area contributed by atoms with Gasteiger partial charge in [0.05, 0.1) is 11.4 Å². The minimum Gasteiger partial charge on any atom is -0.309 e. The molecule has 3 fully saturated rings. The van der Waals surface area contributed by atoms with Crippen molar-refractivity contribution < 1.29 is 0 Å². The molecule has 0 saturated heterocycles. The Morgan fingerprint density at radius 1 is 0.306 bits per heavy atom. The molecule has 0 N–H and O–H groups in total. The van der Waals surface area contributed by atoms with E-state index >= 15 is 0 Å². The van der Waals surface area contributed by atoms with Gasteiger partial charge >= 0.3 is 0 Å². The van der Waals surface area contributed by atoms with E-state index < -0.39 is 0 Å². The lowest BCUT2D eigenvalue weighted by Crippen LogP contribution is -2.13. The van der Waals surface area contributed by atoms with Gasteiger partial charge in [-0.15, -0.1) is 11.3 Å². The van der Waals surface area contributed by atoms with Crippen LogP contribution in [0.4, 0.5) is 17.1 Å². The summed E-state index contributed by atoms with van der Waals surface area (Å²) in [4.78, 5) is 2.62. The second kappa shape index (κ2) is 22.0. The molecule has 2 heteroatoms. The normalized spacial score (nSPS) is 17.2. The summed E-state index contributed by atoms with van der Waals surface area (Å²) in [7, 11) is 0. The van der Waals surface area contributed by atoms with Gasteiger partial charge in [0.25, 0.3) is 0 Å². The highest BCUT2D eigenvalue weighted by atomic mass is 32.1. The number of nitrogens with zero attached hydrogens (tertiary/aromatic N) is 1. The SMILES string of the molecule is c1ccc2cc(N(c3ccc(C4CCCCC4)cc3)c3ccc(-c4ccc(C5CCCCCCCC5)cc4)cc3-c3ccc(C4CCCCCCCC4)cc3)c(-c3ccc4c(c3)sc3ccccc34)cc2c1. The maximum Gasteiger partial charge on any atom is 0.0546 e. The molecule has 3 aliphatic carbocycles. The number of thiophene rings is 1. The number of hydrogen-bond donors (Lipinski definition) is 0. The number of hydrogen-bond acceptors (Lipinski definition) is 2. The lowest BCUT2D eigenvalue weighted by molar-refractivity contribution is 0.443. The van der Waals surface area contributed by atoms with Gasteiger partial charge in [0.2, 0.25) is 0 Å². The largest absolute Gasteiger partial charge is 0.309 e. The van der Waals surface area contributed by atoms with E-state index in [2.05, 4.69) is 175 Å². The van der Waals surface area contributed by atoms with Crippen molar-refractivity contribution in [3.05, 3.63) is 187 Å². The molecule has 3 saturated carbocycles. The van der Waals surface area contributed by atoms with Crippen molar-refractivity contribution in [3.63, 3.8) is 0 Å². The topological polar surface area (TPSA) is 3.24 Å². The average Bonchev–Trinajstić information content (AvgIpc) is 3.93. The molecule has 0 spiro atoms. The third-order valence-corrected chi connectivity index (χ3v) is 18.5. The summed E-state index contributed by atoms with van der Waals surface area (Å²) in [6, 6.07) is 66.9. The molecule has 1 nitrogen and oxygen atoms in total. The molecule has 0 bridgehead atoms. The average molecular weight is 960 g/mol. The summed E-state index contributed by atoms with van der Waals surface area (Å²) in [5.74, 6) is 1.95. The summed E-state index contributed by atoms with van der Waals surface area (Å²) in [6.45, 7) is 0.